The standard InChI is InChI=1S/C23H24FN3O3S/c1-13(2)27-22-20(23(28)26-27)21(31-14(3)25-22)15-9-10-18(19(11-15)29-4)30-12-16-7-5-6-8-17(16)24/h5-11,13,21H,12H2,1-4H3,(H,26,28). The van der Waals surface area contributed by atoms with Gasteiger partial charge in [-0.15, -0.1) is 0 Å². The van der Waals surface area contributed by atoms with Crippen LogP contribution in [-0.2, 0) is 6.61 Å². The Hall–Kier alpha value is -3.00. The third-order valence-electron chi connectivity index (χ3n) is 5.10. The number of fused-ring (bicyclic) bond motifs is 1. The summed E-state index contributed by atoms with van der Waals surface area (Å²) in [5.41, 5.74) is 1.86. The van der Waals surface area contributed by atoms with Gasteiger partial charge in [-0.1, -0.05) is 36.0 Å². The Labute approximate surface area is 184 Å². The van der Waals surface area contributed by atoms with Crippen molar-refractivity contribution in [2.75, 3.05) is 7.11 Å². The molecule has 0 saturated heterocycles. The maximum atomic E-state index is 13.9. The van der Waals surface area contributed by atoms with E-state index in [1.54, 1.807) is 36.1 Å². The van der Waals surface area contributed by atoms with Crippen molar-refractivity contribution in [1.82, 2.24) is 9.78 Å². The summed E-state index contributed by atoms with van der Waals surface area (Å²) in [5.74, 6) is 1.39. The summed E-state index contributed by atoms with van der Waals surface area (Å²) >= 11 is 1.53. The predicted octanol–water partition coefficient (Wildman–Crippen LogP) is 5.37. The number of nitrogens with one attached hydrogen (secondary N) is 1. The second-order valence-corrected chi connectivity index (χ2v) is 8.86. The Kier molecular flexibility index (Phi) is 5.91. The van der Waals surface area contributed by atoms with E-state index in [9.17, 15) is 9.18 Å². The SMILES string of the molecule is COc1cc(C2SC(C)=Nc3c2c(=O)[nH]n3C(C)C)ccc1OCc1ccccc1F. The zero-order chi connectivity index (χ0) is 22.1. The van der Waals surface area contributed by atoms with Crippen LogP contribution in [0.4, 0.5) is 10.2 Å². The van der Waals surface area contributed by atoms with E-state index in [0.717, 1.165) is 10.6 Å². The molecule has 2 aromatic carbocycles. The molecular formula is C23H24FN3O3S. The first kappa shape index (κ1) is 21.2. The Balaban J connectivity index is 1.67. The van der Waals surface area contributed by atoms with Crippen LogP contribution >= 0.6 is 11.8 Å². The summed E-state index contributed by atoms with van der Waals surface area (Å²) in [7, 11) is 1.56. The van der Waals surface area contributed by atoms with Gasteiger partial charge in [0.05, 0.1) is 23.0 Å². The van der Waals surface area contributed by atoms with Gasteiger partial charge < -0.3 is 9.47 Å². The van der Waals surface area contributed by atoms with Crippen molar-refractivity contribution in [2.45, 2.75) is 38.7 Å². The number of ether oxygens (including phenoxy) is 2. The fourth-order valence-corrected chi connectivity index (χ4v) is 4.65. The molecule has 1 N–H and O–H groups in total. The van der Waals surface area contributed by atoms with Gasteiger partial charge in [-0.05, 0) is 44.5 Å². The van der Waals surface area contributed by atoms with Crippen LogP contribution in [0.1, 0.15) is 48.8 Å². The third kappa shape index (κ3) is 4.12. The molecule has 0 bridgehead atoms. The topological polar surface area (TPSA) is 68.6 Å². The minimum Gasteiger partial charge on any atom is -0.493 e. The summed E-state index contributed by atoms with van der Waals surface area (Å²) < 4.78 is 27.1. The van der Waals surface area contributed by atoms with Gasteiger partial charge >= 0.3 is 0 Å². The monoisotopic (exact) mass is 441 g/mol. The molecule has 1 aliphatic heterocycles. The van der Waals surface area contributed by atoms with Gasteiger partial charge in [0.15, 0.2) is 17.3 Å². The summed E-state index contributed by atoms with van der Waals surface area (Å²) in [6.45, 7) is 6.03. The first-order chi connectivity index (χ1) is 14.9. The van der Waals surface area contributed by atoms with Crippen LogP contribution in [0, 0.1) is 5.82 Å². The van der Waals surface area contributed by atoms with Crippen molar-refractivity contribution in [3.8, 4) is 11.5 Å². The molecule has 0 spiro atoms. The lowest BCUT2D eigenvalue weighted by Crippen LogP contribution is -2.13. The molecule has 1 aliphatic rings. The molecule has 0 fully saturated rings. The van der Waals surface area contributed by atoms with Crippen LogP contribution in [0.2, 0.25) is 0 Å². The second-order valence-electron chi connectivity index (χ2n) is 7.56. The van der Waals surface area contributed by atoms with Crippen molar-refractivity contribution < 1.29 is 13.9 Å². The second kappa shape index (κ2) is 8.63. The Morgan fingerprint density at radius 3 is 2.71 bits per heavy atom. The van der Waals surface area contributed by atoms with Gasteiger partial charge in [0.2, 0.25) is 0 Å². The summed E-state index contributed by atoms with van der Waals surface area (Å²) in [6, 6.07) is 12.2. The van der Waals surface area contributed by atoms with E-state index < -0.39 is 0 Å². The van der Waals surface area contributed by atoms with Crippen molar-refractivity contribution >= 4 is 22.6 Å². The van der Waals surface area contributed by atoms with E-state index in [1.165, 1.54) is 17.8 Å². The van der Waals surface area contributed by atoms with E-state index in [2.05, 4.69) is 10.1 Å². The molecule has 1 aromatic heterocycles. The first-order valence-electron chi connectivity index (χ1n) is 9.99. The number of rotatable bonds is 6. The maximum Gasteiger partial charge on any atom is 0.271 e. The molecule has 1 atom stereocenters. The number of nitrogens with zero attached hydrogens (tertiary/aromatic N) is 2. The van der Waals surface area contributed by atoms with Crippen molar-refractivity contribution in [1.29, 1.82) is 0 Å². The zero-order valence-corrected chi connectivity index (χ0v) is 18.6. The number of halogens is 1. The quantitative estimate of drug-likeness (QED) is 0.558. The number of aliphatic imine (C=N–C) groups is 1. The van der Waals surface area contributed by atoms with E-state index >= 15 is 0 Å². The highest BCUT2D eigenvalue weighted by atomic mass is 32.2. The molecule has 0 aliphatic carbocycles. The molecule has 0 radical (unpaired) electrons. The van der Waals surface area contributed by atoms with Crippen molar-refractivity contribution in [3.05, 3.63) is 75.3 Å². The highest BCUT2D eigenvalue weighted by Crippen LogP contribution is 2.45. The number of benzene rings is 2. The van der Waals surface area contributed by atoms with Crippen molar-refractivity contribution in [3.63, 3.8) is 0 Å². The lowest BCUT2D eigenvalue weighted by atomic mass is 10.1. The molecule has 6 nitrogen and oxygen atoms in total. The lowest BCUT2D eigenvalue weighted by molar-refractivity contribution is 0.279. The average Bonchev–Trinajstić information content (AvgIpc) is 3.09. The van der Waals surface area contributed by atoms with Crippen LogP contribution in [0.25, 0.3) is 0 Å². The first-order valence-corrected chi connectivity index (χ1v) is 10.9. The summed E-state index contributed by atoms with van der Waals surface area (Å²) in [6.07, 6.45) is 0. The minimum atomic E-state index is -0.312. The normalized spacial score (nSPS) is 15.5. The highest BCUT2D eigenvalue weighted by molar-refractivity contribution is 8.14. The van der Waals surface area contributed by atoms with Gasteiger partial charge in [0.1, 0.15) is 12.4 Å². The summed E-state index contributed by atoms with van der Waals surface area (Å²) in [5, 5.41) is 3.57. The number of H-pyrrole nitrogens is 1. The molecule has 1 unspecified atom stereocenters. The van der Waals surface area contributed by atoms with E-state index in [0.29, 0.717) is 28.4 Å². The van der Waals surface area contributed by atoms with Gasteiger partial charge in [-0.25, -0.2) is 9.38 Å². The van der Waals surface area contributed by atoms with Crippen LogP contribution < -0.4 is 15.0 Å². The number of hydrogen-bond acceptors (Lipinski definition) is 5. The maximum absolute atomic E-state index is 13.9. The van der Waals surface area contributed by atoms with Crippen LogP contribution in [0.15, 0.2) is 52.3 Å². The molecule has 2 heterocycles. The molecule has 3 aromatic rings. The summed E-state index contributed by atoms with van der Waals surface area (Å²) in [4.78, 5) is 17.4. The average molecular weight is 442 g/mol. The Morgan fingerprint density at radius 1 is 1.23 bits per heavy atom. The Morgan fingerprint density at radius 2 is 2.00 bits per heavy atom. The molecule has 8 heteroatoms. The van der Waals surface area contributed by atoms with Crippen LogP contribution in [0.5, 0.6) is 11.5 Å². The minimum absolute atomic E-state index is 0.0837. The number of aromatic amines is 1. The largest absolute Gasteiger partial charge is 0.493 e. The van der Waals surface area contributed by atoms with E-state index in [-0.39, 0.29) is 29.3 Å². The fourth-order valence-electron chi connectivity index (χ4n) is 3.56. The number of aromatic nitrogens is 2. The van der Waals surface area contributed by atoms with E-state index in [4.69, 9.17) is 9.47 Å². The number of thioether (sulfide) groups is 1. The van der Waals surface area contributed by atoms with Crippen LogP contribution in [-0.4, -0.2) is 21.9 Å². The molecule has 4 rings (SSSR count). The van der Waals surface area contributed by atoms with Gasteiger partial charge in [0.25, 0.3) is 5.56 Å². The number of methoxy groups -OCH3 is 1. The third-order valence-corrected chi connectivity index (χ3v) is 6.27. The predicted molar refractivity (Wildman–Crippen MR) is 121 cm³/mol. The number of hydrogen-bond donors (Lipinski definition) is 1. The van der Waals surface area contributed by atoms with Gasteiger partial charge in [0, 0.05) is 11.6 Å². The van der Waals surface area contributed by atoms with Crippen molar-refractivity contribution in [2.24, 2.45) is 4.99 Å². The fraction of sp³-hybridized carbons (Fsp3) is 0.304. The zero-order valence-electron chi connectivity index (χ0n) is 17.8. The van der Waals surface area contributed by atoms with E-state index in [1.807, 2.05) is 32.9 Å². The molecule has 162 valence electrons. The smallest absolute Gasteiger partial charge is 0.271 e. The van der Waals surface area contributed by atoms with Gasteiger partial charge in [-0.2, -0.15) is 0 Å². The van der Waals surface area contributed by atoms with Crippen LogP contribution in [0.3, 0.4) is 0 Å². The molecule has 0 saturated carbocycles. The highest BCUT2D eigenvalue weighted by Gasteiger charge is 2.31. The molecule has 0 amide bonds. The Bertz CT molecular complexity index is 1200. The van der Waals surface area contributed by atoms with Gasteiger partial charge in [-0.3, -0.25) is 14.6 Å². The molecular weight excluding hydrogens is 417 g/mol. The molecule has 31 heavy (non-hydrogen) atoms. The lowest BCUT2D eigenvalue weighted by Gasteiger charge is -2.22.